The molecule has 5 heteroatoms. The van der Waals surface area contributed by atoms with Gasteiger partial charge in [0.15, 0.2) is 0 Å². The van der Waals surface area contributed by atoms with E-state index in [-0.39, 0.29) is 17.9 Å². The molecule has 0 aromatic heterocycles. The number of hydrogen-bond donors (Lipinski definition) is 2. The maximum Gasteiger partial charge on any atom is 0.317 e. The predicted octanol–water partition coefficient (Wildman–Crippen LogP) is 1.93. The van der Waals surface area contributed by atoms with E-state index in [0.29, 0.717) is 6.54 Å². The molecule has 0 aliphatic carbocycles. The molecule has 0 radical (unpaired) electrons. The third-order valence-electron chi connectivity index (χ3n) is 2.10. The van der Waals surface area contributed by atoms with Crippen LogP contribution in [0.2, 0.25) is 0 Å². The first-order valence-electron chi connectivity index (χ1n) is 5.68. The van der Waals surface area contributed by atoms with E-state index in [1.807, 2.05) is 20.8 Å². The minimum atomic E-state index is -0.922. The number of hydrogen-bond acceptors (Lipinski definition) is 2. The molecule has 0 aromatic rings. The molecule has 0 aliphatic rings. The van der Waals surface area contributed by atoms with Crippen LogP contribution in [0.1, 0.15) is 41.0 Å². The lowest BCUT2D eigenvalue weighted by Gasteiger charge is -2.31. The number of nitrogens with one attached hydrogen (secondary N) is 1. The Kier molecular flexibility index (Phi) is 4.98. The zero-order valence-corrected chi connectivity index (χ0v) is 11.6. The molecule has 17 heavy (non-hydrogen) atoms. The van der Waals surface area contributed by atoms with Crippen molar-refractivity contribution in [3.05, 3.63) is 0 Å². The minimum Gasteiger partial charge on any atom is -0.481 e. The van der Waals surface area contributed by atoms with Crippen LogP contribution in [-0.4, -0.2) is 41.1 Å². The summed E-state index contributed by atoms with van der Waals surface area (Å²) in [6.07, 6.45) is -0.0951. The Morgan fingerprint density at radius 3 is 2.00 bits per heavy atom. The van der Waals surface area contributed by atoms with Gasteiger partial charge in [-0.3, -0.25) is 4.79 Å². The lowest BCUT2D eigenvalue weighted by atomic mass is 9.96. The molecule has 0 heterocycles. The molecular weight excluding hydrogens is 220 g/mol. The van der Waals surface area contributed by atoms with Crippen molar-refractivity contribution in [3.63, 3.8) is 0 Å². The first kappa shape index (κ1) is 15.7. The van der Waals surface area contributed by atoms with Gasteiger partial charge in [-0.2, -0.15) is 0 Å². The quantitative estimate of drug-likeness (QED) is 0.794. The summed E-state index contributed by atoms with van der Waals surface area (Å²) in [6, 6.07) is -0.244. The van der Waals surface area contributed by atoms with Crippen LogP contribution in [0.4, 0.5) is 4.79 Å². The fourth-order valence-electron chi connectivity index (χ4n) is 1.59. The fraction of sp³-hybridized carbons (Fsp3) is 0.833. The van der Waals surface area contributed by atoms with Gasteiger partial charge in [0.1, 0.15) is 0 Å². The molecule has 0 fully saturated rings. The highest BCUT2D eigenvalue weighted by Crippen LogP contribution is 2.15. The molecule has 5 nitrogen and oxygen atoms in total. The van der Waals surface area contributed by atoms with Crippen molar-refractivity contribution in [3.8, 4) is 0 Å². The summed E-state index contributed by atoms with van der Waals surface area (Å²) in [5.41, 5.74) is -0.724. The molecule has 2 N–H and O–H groups in total. The van der Waals surface area contributed by atoms with E-state index in [9.17, 15) is 9.59 Å². The number of aliphatic carboxylic acids is 1. The third kappa shape index (κ3) is 7.60. The topological polar surface area (TPSA) is 69.6 Å². The van der Waals surface area contributed by atoms with Crippen molar-refractivity contribution in [2.45, 2.75) is 46.6 Å². The number of nitrogens with zero attached hydrogens (tertiary/aromatic N) is 1. The van der Waals surface area contributed by atoms with E-state index in [1.54, 1.807) is 25.8 Å². The molecule has 0 spiro atoms. The summed E-state index contributed by atoms with van der Waals surface area (Å²) in [6.45, 7) is 10.1. The smallest absolute Gasteiger partial charge is 0.317 e. The molecule has 0 atom stereocenters. The second-order valence-corrected chi connectivity index (χ2v) is 6.30. The van der Waals surface area contributed by atoms with E-state index in [4.69, 9.17) is 5.11 Å². The summed E-state index contributed by atoms with van der Waals surface area (Å²) >= 11 is 0. The number of carbonyl (C=O) groups is 2. The molecule has 0 rings (SSSR count). The molecule has 0 aliphatic heterocycles. The van der Waals surface area contributed by atoms with Gasteiger partial charge in [-0.15, -0.1) is 0 Å². The summed E-state index contributed by atoms with van der Waals surface area (Å²) in [4.78, 5) is 24.0. The number of amides is 2. The molecule has 0 unspecified atom stereocenters. The number of carbonyl (C=O) groups excluding carboxylic acids is 1. The van der Waals surface area contributed by atoms with E-state index in [1.165, 1.54) is 0 Å². The maximum atomic E-state index is 11.8. The molecule has 0 saturated heterocycles. The number of rotatable bonds is 4. The highest BCUT2D eigenvalue weighted by Gasteiger charge is 2.26. The highest BCUT2D eigenvalue weighted by atomic mass is 16.4. The average molecular weight is 244 g/mol. The lowest BCUT2D eigenvalue weighted by Crippen LogP contribution is -2.51. The second kappa shape index (κ2) is 5.38. The van der Waals surface area contributed by atoms with Gasteiger partial charge in [0, 0.05) is 19.1 Å². The zero-order chi connectivity index (χ0) is 13.9. The summed E-state index contributed by atoms with van der Waals surface area (Å²) in [5, 5.41) is 11.4. The molecule has 0 saturated carbocycles. The molecule has 100 valence electrons. The Hall–Kier alpha value is -1.26. The average Bonchev–Trinajstić information content (AvgIpc) is 1.96. The van der Waals surface area contributed by atoms with Crippen molar-refractivity contribution < 1.29 is 14.7 Å². The Labute approximate surface area is 103 Å². The van der Waals surface area contributed by atoms with Crippen LogP contribution >= 0.6 is 0 Å². The van der Waals surface area contributed by atoms with Gasteiger partial charge < -0.3 is 15.3 Å². The monoisotopic (exact) mass is 244 g/mol. The molecule has 0 aromatic carbocycles. The maximum absolute atomic E-state index is 11.8. The Bertz CT molecular complexity index is 293. The van der Waals surface area contributed by atoms with Crippen LogP contribution < -0.4 is 5.32 Å². The first-order valence-corrected chi connectivity index (χ1v) is 5.68. The largest absolute Gasteiger partial charge is 0.481 e. The number of urea groups is 1. The Morgan fingerprint density at radius 2 is 1.65 bits per heavy atom. The normalized spacial score (nSPS) is 12.1. The predicted molar refractivity (Wildman–Crippen MR) is 66.9 cm³/mol. The summed E-state index contributed by atoms with van der Waals surface area (Å²) in [5.74, 6) is -0.922. The Morgan fingerprint density at radius 1 is 1.18 bits per heavy atom. The van der Waals surface area contributed by atoms with Crippen LogP contribution in [-0.2, 0) is 4.79 Å². The van der Waals surface area contributed by atoms with E-state index >= 15 is 0 Å². The number of carboxylic acids is 1. The van der Waals surface area contributed by atoms with Crippen molar-refractivity contribution in [2.24, 2.45) is 5.41 Å². The van der Waals surface area contributed by atoms with Gasteiger partial charge >= 0.3 is 12.0 Å². The van der Waals surface area contributed by atoms with Crippen LogP contribution in [0.25, 0.3) is 0 Å². The van der Waals surface area contributed by atoms with Gasteiger partial charge in [-0.1, -0.05) is 20.8 Å². The van der Waals surface area contributed by atoms with E-state index in [2.05, 4.69) is 5.32 Å². The first-order chi connectivity index (χ1) is 7.43. The molecular formula is C12H24N2O3. The SMILES string of the molecule is CN(CC(C)(C)C)C(=O)NC(C)(C)CC(=O)O. The molecule has 2 amide bonds. The summed E-state index contributed by atoms with van der Waals surface area (Å²) < 4.78 is 0. The van der Waals surface area contributed by atoms with Gasteiger partial charge in [0.2, 0.25) is 0 Å². The summed E-state index contributed by atoms with van der Waals surface area (Å²) in [7, 11) is 1.71. The van der Waals surface area contributed by atoms with Crippen LogP contribution in [0.15, 0.2) is 0 Å². The van der Waals surface area contributed by atoms with Crippen molar-refractivity contribution >= 4 is 12.0 Å². The van der Waals surface area contributed by atoms with Crippen molar-refractivity contribution in [1.29, 1.82) is 0 Å². The van der Waals surface area contributed by atoms with Crippen molar-refractivity contribution in [1.82, 2.24) is 10.2 Å². The van der Waals surface area contributed by atoms with E-state index in [0.717, 1.165) is 0 Å². The third-order valence-corrected chi connectivity index (χ3v) is 2.10. The fourth-order valence-corrected chi connectivity index (χ4v) is 1.59. The number of carboxylic acid groups (broad SMARTS) is 1. The minimum absolute atomic E-state index is 0.0169. The standard InChI is InChI=1S/C12H24N2O3/c1-11(2,3)8-14(6)10(17)13-12(4,5)7-9(15)16/h7-8H2,1-6H3,(H,13,17)(H,15,16). The highest BCUT2D eigenvalue weighted by molar-refractivity contribution is 5.76. The Balaban J connectivity index is 4.39. The van der Waals surface area contributed by atoms with Crippen LogP contribution in [0, 0.1) is 5.41 Å². The van der Waals surface area contributed by atoms with Gasteiger partial charge in [0.25, 0.3) is 0 Å². The zero-order valence-electron chi connectivity index (χ0n) is 11.6. The second-order valence-electron chi connectivity index (χ2n) is 6.30. The van der Waals surface area contributed by atoms with E-state index < -0.39 is 11.5 Å². The lowest BCUT2D eigenvalue weighted by molar-refractivity contribution is -0.138. The van der Waals surface area contributed by atoms with Crippen LogP contribution in [0.3, 0.4) is 0 Å². The van der Waals surface area contributed by atoms with Gasteiger partial charge in [-0.05, 0) is 19.3 Å². The van der Waals surface area contributed by atoms with Gasteiger partial charge in [0.05, 0.1) is 6.42 Å². The van der Waals surface area contributed by atoms with Crippen molar-refractivity contribution in [2.75, 3.05) is 13.6 Å². The molecule has 0 bridgehead atoms. The van der Waals surface area contributed by atoms with Crippen LogP contribution in [0.5, 0.6) is 0 Å². The van der Waals surface area contributed by atoms with Gasteiger partial charge in [-0.25, -0.2) is 4.79 Å².